The number of amides is 4. The van der Waals surface area contributed by atoms with Gasteiger partial charge < -0.3 is 39.9 Å². The molecule has 63 heavy (non-hydrogen) atoms. The number of rotatable bonds is 10. The molecule has 328 valence electrons. The Bertz CT molecular complexity index is 2510. The lowest BCUT2D eigenvalue weighted by Gasteiger charge is -2.30. The fraction of sp³-hybridized carbons (Fsp3) is 0.319. The van der Waals surface area contributed by atoms with Gasteiger partial charge in [-0.05, 0) is 78.2 Å². The molecule has 16 heteroatoms. The lowest BCUT2D eigenvalue weighted by atomic mass is 9.96. The molecule has 0 spiro atoms. The fourth-order valence-electron chi connectivity index (χ4n) is 7.88. The Labute approximate surface area is 379 Å². The monoisotopic (exact) mass is 892 g/mol. The number of aromatic nitrogens is 4. The molecule has 4 amide bonds. The van der Waals surface area contributed by atoms with Crippen molar-refractivity contribution in [3.63, 3.8) is 0 Å². The summed E-state index contributed by atoms with van der Waals surface area (Å²) in [5, 5.41) is 5.39. The molecule has 0 unspecified atom stereocenters. The van der Waals surface area contributed by atoms with E-state index in [1.807, 2.05) is 74.5 Å². The van der Waals surface area contributed by atoms with Crippen LogP contribution in [0, 0.1) is 29.6 Å². The van der Waals surface area contributed by atoms with Crippen LogP contribution in [0.25, 0.3) is 22.4 Å². The van der Waals surface area contributed by atoms with Gasteiger partial charge in [-0.3, -0.25) is 9.59 Å². The SMILES string of the molecule is COC(=O)N[C@H](C(=O)N1CCC[C@H]1c1ncc(-c2ccc(C#CC#Cc3cnc([C@@H]4CCCN4C(=O)[C@H](NC(=O)OC)c4ccccc4)[nH]3)c(-c3ccccc3)c2)[nH]1)C(C)C.Cl.Cl. The zero-order valence-electron chi connectivity index (χ0n) is 35.3. The van der Waals surface area contributed by atoms with Crippen LogP contribution < -0.4 is 10.6 Å². The number of likely N-dealkylation sites (tertiary alicyclic amines) is 2. The number of nitrogens with one attached hydrogen (secondary N) is 4. The summed E-state index contributed by atoms with van der Waals surface area (Å²) in [7, 11) is 2.55. The van der Waals surface area contributed by atoms with E-state index in [0.29, 0.717) is 42.4 Å². The minimum absolute atomic E-state index is 0. The summed E-state index contributed by atoms with van der Waals surface area (Å²) in [6.07, 6.45) is 5.14. The number of imidazole rings is 2. The second-order valence-electron chi connectivity index (χ2n) is 15.2. The first-order valence-corrected chi connectivity index (χ1v) is 20.3. The van der Waals surface area contributed by atoms with Crippen LogP contribution in [-0.4, -0.2) is 87.1 Å². The van der Waals surface area contributed by atoms with E-state index in [1.165, 1.54) is 14.2 Å². The summed E-state index contributed by atoms with van der Waals surface area (Å²) in [5.41, 5.74) is 5.60. The van der Waals surface area contributed by atoms with Crippen molar-refractivity contribution in [3.8, 4) is 46.1 Å². The fourth-order valence-corrected chi connectivity index (χ4v) is 7.88. The van der Waals surface area contributed by atoms with Crippen molar-refractivity contribution in [2.45, 2.75) is 63.7 Å². The predicted molar refractivity (Wildman–Crippen MR) is 243 cm³/mol. The first kappa shape index (κ1) is 47.3. The summed E-state index contributed by atoms with van der Waals surface area (Å²) < 4.78 is 9.59. The number of methoxy groups -OCH3 is 2. The molecule has 4 atom stereocenters. The van der Waals surface area contributed by atoms with Crippen molar-refractivity contribution < 1.29 is 28.7 Å². The van der Waals surface area contributed by atoms with Crippen molar-refractivity contribution in [2.24, 2.45) is 5.92 Å². The molecule has 0 radical (unpaired) electrons. The van der Waals surface area contributed by atoms with Crippen LogP contribution in [0.3, 0.4) is 0 Å². The molecule has 4 N–H and O–H groups in total. The third kappa shape index (κ3) is 11.0. The van der Waals surface area contributed by atoms with E-state index in [4.69, 9.17) is 14.5 Å². The normalized spacial score (nSPS) is 16.2. The predicted octanol–water partition coefficient (Wildman–Crippen LogP) is 7.52. The van der Waals surface area contributed by atoms with Crippen LogP contribution in [0.5, 0.6) is 0 Å². The molecule has 2 saturated heterocycles. The minimum atomic E-state index is -0.910. The number of alkyl carbamates (subject to hydrolysis) is 2. The Hall–Kier alpha value is -6.74. The number of hydrogen-bond acceptors (Lipinski definition) is 8. The standard InChI is InChI=1S/C47H48N8O6.2ClH/c1-30(2)40(52-46(58)60-3)44(56)54-25-14-22-39(54)43-49-29-37(51-43)34-24-23-32(36(27-34)31-15-7-5-8-16-31)17-11-12-20-35-28-48-42(50-35)38-21-13-26-55(38)45(57)41(53-47(59)61-4)33-18-9-6-10-19-33;;/h5-10,15-16,18-19,23-24,27-30,38-41H,13-14,21-22,25-26H2,1-4H3,(H,48,50)(H,49,51)(H,52,58)(H,53,59);2*1H/t38-,39-,40-,41+;;/m0../s1. The van der Waals surface area contributed by atoms with Crippen molar-refractivity contribution >= 4 is 48.8 Å². The average Bonchev–Trinajstić information content (AvgIpc) is 4.14. The van der Waals surface area contributed by atoms with Gasteiger partial charge in [0.1, 0.15) is 29.4 Å². The largest absolute Gasteiger partial charge is 0.453 e. The Balaban J connectivity index is 0.00000374. The van der Waals surface area contributed by atoms with E-state index in [9.17, 15) is 19.2 Å². The molecule has 2 aromatic heterocycles. The number of benzene rings is 3. The third-order valence-electron chi connectivity index (χ3n) is 11.0. The molecule has 2 aliphatic rings. The highest BCUT2D eigenvalue weighted by molar-refractivity contribution is 5.88. The van der Waals surface area contributed by atoms with Gasteiger partial charge in [-0.2, -0.15) is 0 Å². The molecule has 2 aliphatic heterocycles. The topological polar surface area (TPSA) is 175 Å². The average molecular weight is 894 g/mol. The van der Waals surface area contributed by atoms with Crippen LogP contribution in [-0.2, 0) is 19.1 Å². The van der Waals surface area contributed by atoms with Gasteiger partial charge in [-0.25, -0.2) is 19.6 Å². The van der Waals surface area contributed by atoms with E-state index in [-0.39, 0.29) is 54.6 Å². The number of halogens is 2. The molecule has 4 heterocycles. The number of carbonyl (C=O) groups excluding carboxylic acids is 4. The second kappa shape index (κ2) is 21.9. The molecular weight excluding hydrogens is 843 g/mol. The number of nitrogens with zero attached hydrogens (tertiary/aromatic N) is 4. The summed E-state index contributed by atoms with van der Waals surface area (Å²) in [4.78, 5) is 71.3. The van der Waals surface area contributed by atoms with Gasteiger partial charge in [0, 0.05) is 24.2 Å². The van der Waals surface area contributed by atoms with Crippen molar-refractivity contribution in [3.05, 3.63) is 120 Å². The van der Waals surface area contributed by atoms with Crippen LogP contribution in [0.2, 0.25) is 0 Å². The van der Waals surface area contributed by atoms with E-state index in [2.05, 4.69) is 55.3 Å². The van der Waals surface area contributed by atoms with Crippen molar-refractivity contribution in [1.82, 2.24) is 40.4 Å². The first-order valence-electron chi connectivity index (χ1n) is 20.3. The van der Waals surface area contributed by atoms with E-state index >= 15 is 0 Å². The van der Waals surface area contributed by atoms with Gasteiger partial charge in [0.2, 0.25) is 5.91 Å². The zero-order valence-corrected chi connectivity index (χ0v) is 37.0. The van der Waals surface area contributed by atoms with Gasteiger partial charge in [0.25, 0.3) is 5.91 Å². The van der Waals surface area contributed by atoms with Crippen molar-refractivity contribution in [2.75, 3.05) is 27.3 Å². The van der Waals surface area contributed by atoms with Gasteiger partial charge >= 0.3 is 12.2 Å². The molecule has 7 rings (SSSR count). The van der Waals surface area contributed by atoms with E-state index in [0.717, 1.165) is 47.2 Å². The number of aromatic amines is 2. The van der Waals surface area contributed by atoms with Crippen LogP contribution in [0.15, 0.2) is 91.3 Å². The Kier molecular flexibility index (Phi) is 16.4. The highest BCUT2D eigenvalue weighted by Crippen LogP contribution is 2.35. The third-order valence-corrected chi connectivity index (χ3v) is 11.0. The molecule has 0 saturated carbocycles. The summed E-state index contributed by atoms with van der Waals surface area (Å²) in [6, 6.07) is 22.9. The maximum atomic E-state index is 13.9. The molecule has 5 aromatic rings. The number of hydrogen-bond donors (Lipinski definition) is 4. The number of H-pyrrole nitrogens is 2. The zero-order chi connectivity index (χ0) is 42.9. The molecule has 0 aliphatic carbocycles. The highest BCUT2D eigenvalue weighted by atomic mass is 35.5. The number of carbonyl (C=O) groups is 4. The van der Waals surface area contributed by atoms with Crippen LogP contribution in [0.4, 0.5) is 9.59 Å². The van der Waals surface area contributed by atoms with E-state index in [1.54, 1.807) is 34.3 Å². The molecule has 3 aromatic carbocycles. The molecule has 2 fully saturated rings. The molecule has 0 bridgehead atoms. The second-order valence-corrected chi connectivity index (χ2v) is 15.2. The minimum Gasteiger partial charge on any atom is -0.453 e. The Morgan fingerprint density at radius 1 is 0.714 bits per heavy atom. The lowest BCUT2D eigenvalue weighted by Crippen LogP contribution is -2.51. The smallest absolute Gasteiger partial charge is 0.407 e. The summed E-state index contributed by atoms with van der Waals surface area (Å²) in [6.45, 7) is 4.86. The van der Waals surface area contributed by atoms with Gasteiger partial charge in [-0.15, -0.1) is 24.8 Å². The lowest BCUT2D eigenvalue weighted by molar-refractivity contribution is -0.135. The highest BCUT2D eigenvalue weighted by Gasteiger charge is 2.38. The van der Waals surface area contributed by atoms with Gasteiger partial charge in [-0.1, -0.05) is 86.5 Å². The molecular formula is C47H50Cl2N8O6. The van der Waals surface area contributed by atoms with Crippen molar-refractivity contribution in [1.29, 1.82) is 0 Å². The Morgan fingerprint density at radius 2 is 1.30 bits per heavy atom. The molecule has 14 nitrogen and oxygen atoms in total. The van der Waals surface area contributed by atoms with E-state index < -0.39 is 24.3 Å². The summed E-state index contributed by atoms with van der Waals surface area (Å²) in [5.74, 6) is 13.0. The number of ether oxygens (including phenoxy) is 2. The summed E-state index contributed by atoms with van der Waals surface area (Å²) >= 11 is 0. The first-order chi connectivity index (χ1) is 29.6. The van der Waals surface area contributed by atoms with Gasteiger partial charge in [0.05, 0.1) is 44.4 Å². The van der Waals surface area contributed by atoms with Crippen LogP contribution in [0.1, 0.15) is 86.1 Å². The van der Waals surface area contributed by atoms with Crippen LogP contribution >= 0.6 is 24.8 Å². The maximum absolute atomic E-state index is 13.9. The quantitative estimate of drug-likeness (QED) is 0.104. The Morgan fingerprint density at radius 3 is 1.95 bits per heavy atom. The maximum Gasteiger partial charge on any atom is 0.407 e. The van der Waals surface area contributed by atoms with Gasteiger partial charge in [0.15, 0.2) is 0 Å².